The molecule has 7 heteroatoms. The molecule has 1 aliphatic heterocycles. The maximum Gasteiger partial charge on any atom is 0.239 e. The number of ether oxygens (including phenoxy) is 1. The third-order valence-corrected chi connectivity index (χ3v) is 5.52. The van der Waals surface area contributed by atoms with Crippen LogP contribution in [0.2, 0.25) is 0 Å². The zero-order valence-electron chi connectivity index (χ0n) is 15.4. The van der Waals surface area contributed by atoms with Crippen molar-refractivity contribution in [2.75, 3.05) is 18.9 Å². The van der Waals surface area contributed by atoms with E-state index in [0.29, 0.717) is 30.8 Å². The van der Waals surface area contributed by atoms with E-state index in [1.807, 2.05) is 6.07 Å². The number of nitrogens with two attached hydrogens (primary N) is 1. The molecule has 2 aliphatic rings. The lowest BCUT2D eigenvalue weighted by Crippen LogP contribution is -2.59. The molecule has 3 rings (SSSR count). The number of nitrogens with one attached hydrogen (secondary N) is 2. The lowest BCUT2D eigenvalue weighted by molar-refractivity contribution is -0.148. The van der Waals surface area contributed by atoms with Crippen molar-refractivity contribution in [1.29, 1.82) is 5.26 Å². The topological polar surface area (TPSA) is 117 Å². The van der Waals surface area contributed by atoms with Crippen LogP contribution < -0.4 is 21.1 Å². The molecule has 1 aromatic rings. The fourth-order valence-corrected chi connectivity index (χ4v) is 3.85. The normalized spacial score (nSPS) is 23.1. The molecule has 7 nitrogen and oxygen atoms in total. The third-order valence-electron chi connectivity index (χ3n) is 5.52. The Morgan fingerprint density at radius 3 is 2.81 bits per heavy atom. The summed E-state index contributed by atoms with van der Waals surface area (Å²) in [6.45, 7) is 0.439. The van der Waals surface area contributed by atoms with E-state index in [0.717, 1.165) is 25.7 Å². The SMILES string of the molecule is N#Cc1c(N)cccc1OCC1(C(=O)NC2CCCCC2)CCCNC1=O. The number of benzene rings is 1. The Hall–Kier alpha value is -2.75. The van der Waals surface area contributed by atoms with Gasteiger partial charge in [0.15, 0.2) is 5.41 Å². The van der Waals surface area contributed by atoms with E-state index in [1.54, 1.807) is 18.2 Å². The molecule has 144 valence electrons. The summed E-state index contributed by atoms with van der Waals surface area (Å²) in [6.07, 6.45) is 6.38. The second kappa shape index (κ2) is 8.30. The molecule has 0 radical (unpaired) electrons. The van der Waals surface area contributed by atoms with E-state index >= 15 is 0 Å². The Labute approximate surface area is 159 Å². The summed E-state index contributed by atoms with van der Waals surface area (Å²) in [7, 11) is 0. The van der Waals surface area contributed by atoms with Gasteiger partial charge in [0.25, 0.3) is 0 Å². The number of nitrogen functional groups attached to an aromatic ring is 1. The highest BCUT2D eigenvalue weighted by atomic mass is 16.5. The van der Waals surface area contributed by atoms with Gasteiger partial charge in [-0.25, -0.2) is 0 Å². The van der Waals surface area contributed by atoms with Gasteiger partial charge in [0.2, 0.25) is 11.8 Å². The summed E-state index contributed by atoms with van der Waals surface area (Å²) >= 11 is 0. The first-order chi connectivity index (χ1) is 13.1. The average molecular weight is 370 g/mol. The number of anilines is 1. The molecule has 0 spiro atoms. The third kappa shape index (κ3) is 4.00. The van der Waals surface area contributed by atoms with E-state index in [-0.39, 0.29) is 30.0 Å². The molecule has 2 amide bonds. The van der Waals surface area contributed by atoms with Crippen LogP contribution in [-0.4, -0.2) is 31.0 Å². The molecule has 1 unspecified atom stereocenters. The van der Waals surface area contributed by atoms with Crippen LogP contribution in [0.3, 0.4) is 0 Å². The molecule has 1 atom stereocenters. The van der Waals surface area contributed by atoms with Gasteiger partial charge >= 0.3 is 0 Å². The van der Waals surface area contributed by atoms with Crippen LogP contribution in [0.1, 0.15) is 50.5 Å². The molecule has 2 fully saturated rings. The summed E-state index contributed by atoms with van der Waals surface area (Å²) in [5, 5.41) is 15.2. The van der Waals surface area contributed by atoms with Crippen LogP contribution in [0.5, 0.6) is 5.75 Å². The van der Waals surface area contributed by atoms with Gasteiger partial charge in [-0.2, -0.15) is 5.26 Å². The monoisotopic (exact) mass is 370 g/mol. The zero-order chi connectivity index (χ0) is 19.3. The summed E-state index contributed by atoms with van der Waals surface area (Å²) in [6, 6.07) is 7.05. The average Bonchev–Trinajstić information content (AvgIpc) is 2.68. The smallest absolute Gasteiger partial charge is 0.239 e. The predicted molar refractivity (Wildman–Crippen MR) is 101 cm³/mol. The Morgan fingerprint density at radius 1 is 1.33 bits per heavy atom. The zero-order valence-corrected chi connectivity index (χ0v) is 15.4. The summed E-state index contributed by atoms with van der Waals surface area (Å²) in [5.74, 6) is -0.306. The second-order valence-corrected chi connectivity index (χ2v) is 7.37. The Bertz CT molecular complexity index is 752. The highest BCUT2D eigenvalue weighted by Crippen LogP contribution is 2.32. The van der Waals surface area contributed by atoms with Gasteiger partial charge in [-0.15, -0.1) is 0 Å². The van der Waals surface area contributed by atoms with Crippen LogP contribution in [0.25, 0.3) is 0 Å². The summed E-state index contributed by atoms with van der Waals surface area (Å²) in [4.78, 5) is 25.8. The molecule has 1 saturated carbocycles. The van der Waals surface area contributed by atoms with E-state index in [4.69, 9.17) is 10.5 Å². The maximum atomic E-state index is 13.1. The molecule has 27 heavy (non-hydrogen) atoms. The molecule has 0 aromatic heterocycles. The van der Waals surface area contributed by atoms with Gasteiger partial charge in [0, 0.05) is 12.6 Å². The van der Waals surface area contributed by atoms with Crippen molar-refractivity contribution in [2.45, 2.75) is 51.0 Å². The molecular weight excluding hydrogens is 344 g/mol. The van der Waals surface area contributed by atoms with Crippen molar-refractivity contribution in [3.63, 3.8) is 0 Å². The maximum absolute atomic E-state index is 13.1. The van der Waals surface area contributed by atoms with E-state index in [1.165, 1.54) is 6.42 Å². The minimum absolute atomic E-state index is 0.111. The van der Waals surface area contributed by atoms with Gasteiger partial charge in [-0.3, -0.25) is 9.59 Å². The van der Waals surface area contributed by atoms with Crippen molar-refractivity contribution >= 4 is 17.5 Å². The van der Waals surface area contributed by atoms with Gasteiger partial charge in [-0.1, -0.05) is 25.3 Å². The first-order valence-corrected chi connectivity index (χ1v) is 9.57. The van der Waals surface area contributed by atoms with E-state index < -0.39 is 5.41 Å². The fourth-order valence-electron chi connectivity index (χ4n) is 3.85. The standard InChI is InChI=1S/C20H26N4O3/c21-12-15-16(22)8-4-9-17(15)27-13-20(10-5-11-23-18(20)25)19(26)24-14-6-2-1-3-7-14/h4,8-9,14H,1-3,5-7,10-11,13,22H2,(H,23,25)(H,24,26). The van der Waals surface area contributed by atoms with E-state index in [9.17, 15) is 14.9 Å². The predicted octanol–water partition coefficient (Wildman–Crippen LogP) is 1.86. The van der Waals surface area contributed by atoms with Gasteiger partial charge in [-0.05, 0) is 37.8 Å². The molecular formula is C20H26N4O3. The molecule has 0 bridgehead atoms. The van der Waals surface area contributed by atoms with E-state index in [2.05, 4.69) is 10.6 Å². The Kier molecular flexibility index (Phi) is 5.84. The first kappa shape index (κ1) is 19.0. The van der Waals surface area contributed by atoms with Crippen LogP contribution in [-0.2, 0) is 9.59 Å². The minimum atomic E-state index is -1.28. The number of hydrogen-bond donors (Lipinski definition) is 3. The van der Waals surface area contributed by atoms with Crippen molar-refractivity contribution < 1.29 is 14.3 Å². The van der Waals surface area contributed by atoms with Crippen molar-refractivity contribution in [2.24, 2.45) is 5.41 Å². The van der Waals surface area contributed by atoms with Crippen LogP contribution in [0, 0.1) is 16.7 Å². The van der Waals surface area contributed by atoms with Crippen LogP contribution >= 0.6 is 0 Å². The van der Waals surface area contributed by atoms with Crippen molar-refractivity contribution in [3.8, 4) is 11.8 Å². The number of carbonyl (C=O) groups excluding carboxylic acids is 2. The van der Waals surface area contributed by atoms with Gasteiger partial charge in [0.05, 0.1) is 5.69 Å². The van der Waals surface area contributed by atoms with Crippen molar-refractivity contribution in [3.05, 3.63) is 23.8 Å². The number of rotatable bonds is 5. The number of nitriles is 1. The molecule has 1 aromatic carbocycles. The number of amides is 2. The molecule has 4 N–H and O–H groups in total. The highest BCUT2D eigenvalue weighted by molar-refractivity contribution is 6.05. The van der Waals surface area contributed by atoms with Gasteiger partial charge < -0.3 is 21.1 Å². The molecule has 1 heterocycles. The number of hydrogen-bond acceptors (Lipinski definition) is 5. The quantitative estimate of drug-likeness (QED) is 0.540. The minimum Gasteiger partial charge on any atom is -0.490 e. The Morgan fingerprint density at radius 2 is 2.11 bits per heavy atom. The second-order valence-electron chi connectivity index (χ2n) is 7.37. The van der Waals surface area contributed by atoms with Crippen LogP contribution in [0.4, 0.5) is 5.69 Å². The van der Waals surface area contributed by atoms with Crippen LogP contribution in [0.15, 0.2) is 18.2 Å². The van der Waals surface area contributed by atoms with Gasteiger partial charge in [0.1, 0.15) is 24.0 Å². The van der Waals surface area contributed by atoms with Crippen molar-refractivity contribution in [1.82, 2.24) is 10.6 Å². The molecule has 1 aliphatic carbocycles. The summed E-state index contributed by atoms with van der Waals surface area (Å²) < 4.78 is 5.81. The lowest BCUT2D eigenvalue weighted by atomic mass is 9.79. The number of piperidine rings is 1. The fraction of sp³-hybridized carbons (Fsp3) is 0.550. The highest BCUT2D eigenvalue weighted by Gasteiger charge is 2.48. The Balaban J connectivity index is 1.79. The lowest BCUT2D eigenvalue weighted by Gasteiger charge is -2.36. The number of carbonyl (C=O) groups is 2. The summed E-state index contributed by atoms with van der Waals surface area (Å²) in [5.41, 5.74) is 5.07. The number of nitrogens with zero attached hydrogens (tertiary/aromatic N) is 1. The first-order valence-electron chi connectivity index (χ1n) is 9.57. The molecule has 1 saturated heterocycles. The largest absolute Gasteiger partial charge is 0.490 e.